The third kappa shape index (κ3) is 2.43. The van der Waals surface area contributed by atoms with Crippen molar-refractivity contribution in [3.05, 3.63) is 0 Å². The van der Waals surface area contributed by atoms with E-state index < -0.39 is 11.6 Å². The lowest BCUT2D eigenvalue weighted by molar-refractivity contribution is -0.161. The van der Waals surface area contributed by atoms with Gasteiger partial charge in [0, 0.05) is 7.11 Å². The lowest BCUT2D eigenvalue weighted by atomic mass is 9.85. The van der Waals surface area contributed by atoms with Gasteiger partial charge >= 0.3 is 0 Å². The number of hydrogen-bond acceptors (Lipinski definition) is 3. The van der Waals surface area contributed by atoms with Gasteiger partial charge in [0.25, 0.3) is 0 Å². The van der Waals surface area contributed by atoms with Crippen LogP contribution >= 0.6 is 0 Å². The summed E-state index contributed by atoms with van der Waals surface area (Å²) in [6.07, 6.45) is 2.03. The summed E-state index contributed by atoms with van der Waals surface area (Å²) in [7, 11) is 1.62. The molecular formula is C15H26N2O3. The molecule has 3 atom stereocenters. The Morgan fingerprint density at radius 2 is 1.95 bits per heavy atom. The maximum Gasteiger partial charge on any atom is 0.249 e. The first kappa shape index (κ1) is 15.3. The third-order valence-electron chi connectivity index (χ3n) is 4.54. The minimum absolute atomic E-state index is 0.0306. The summed E-state index contributed by atoms with van der Waals surface area (Å²) in [5, 5.41) is 2.99. The zero-order valence-electron chi connectivity index (χ0n) is 13.1. The average molecular weight is 282 g/mol. The molecule has 1 N–H and O–H groups in total. The number of rotatable bonds is 5. The van der Waals surface area contributed by atoms with Gasteiger partial charge in [-0.25, -0.2) is 0 Å². The van der Waals surface area contributed by atoms with Crippen molar-refractivity contribution in [2.24, 2.45) is 11.8 Å². The van der Waals surface area contributed by atoms with E-state index in [0.29, 0.717) is 6.61 Å². The molecular weight excluding hydrogens is 256 g/mol. The van der Waals surface area contributed by atoms with Gasteiger partial charge in [0.15, 0.2) is 0 Å². The van der Waals surface area contributed by atoms with Crippen molar-refractivity contribution in [2.45, 2.75) is 58.2 Å². The fourth-order valence-corrected chi connectivity index (χ4v) is 3.26. The first-order valence-corrected chi connectivity index (χ1v) is 7.46. The van der Waals surface area contributed by atoms with E-state index in [1.807, 2.05) is 27.7 Å². The maximum absolute atomic E-state index is 13.0. The molecule has 0 bridgehead atoms. The van der Waals surface area contributed by atoms with Gasteiger partial charge in [0.05, 0.1) is 12.6 Å². The Hall–Kier alpha value is -1.10. The molecule has 0 aromatic rings. The van der Waals surface area contributed by atoms with Gasteiger partial charge < -0.3 is 15.0 Å². The predicted molar refractivity (Wildman–Crippen MR) is 76.1 cm³/mol. The largest absolute Gasteiger partial charge is 0.383 e. The Morgan fingerprint density at radius 1 is 1.35 bits per heavy atom. The predicted octanol–water partition coefficient (Wildman–Crippen LogP) is 1.17. The van der Waals surface area contributed by atoms with Gasteiger partial charge in [-0.05, 0) is 38.5 Å². The zero-order valence-corrected chi connectivity index (χ0v) is 13.1. The monoisotopic (exact) mass is 282 g/mol. The van der Waals surface area contributed by atoms with Gasteiger partial charge in [-0.15, -0.1) is 0 Å². The smallest absolute Gasteiger partial charge is 0.249 e. The van der Waals surface area contributed by atoms with Crippen LogP contribution in [0.15, 0.2) is 0 Å². The second-order valence-electron chi connectivity index (χ2n) is 6.67. The zero-order chi connectivity index (χ0) is 15.1. The lowest BCUT2D eigenvalue weighted by Crippen LogP contribution is -2.73. The number of nitrogens with zero attached hydrogens (tertiary/aromatic N) is 1. The van der Waals surface area contributed by atoms with Gasteiger partial charge in [-0.3, -0.25) is 9.59 Å². The Kier molecular flexibility index (Phi) is 4.09. The molecule has 2 fully saturated rings. The van der Waals surface area contributed by atoms with E-state index in [1.54, 1.807) is 12.0 Å². The highest BCUT2D eigenvalue weighted by atomic mass is 16.5. The molecule has 114 valence electrons. The molecule has 5 nitrogen and oxygen atoms in total. The molecule has 5 heteroatoms. The van der Waals surface area contributed by atoms with Crippen LogP contribution in [0.5, 0.6) is 0 Å². The van der Waals surface area contributed by atoms with Crippen LogP contribution in [0.3, 0.4) is 0 Å². The number of carbonyl (C=O) groups excluding carboxylic acids is 2. The van der Waals surface area contributed by atoms with Crippen molar-refractivity contribution in [1.29, 1.82) is 0 Å². The molecule has 3 unspecified atom stereocenters. The summed E-state index contributed by atoms with van der Waals surface area (Å²) in [5.41, 5.74) is -0.732. The molecule has 0 aromatic heterocycles. The Bertz CT molecular complexity index is 406. The topological polar surface area (TPSA) is 58.6 Å². The number of nitrogens with one attached hydrogen (secondary N) is 1. The number of hydrogen-bond donors (Lipinski definition) is 1. The Labute approximate surface area is 121 Å². The summed E-state index contributed by atoms with van der Waals surface area (Å²) in [4.78, 5) is 27.2. The SMILES string of the molecule is COCC(C)N1C(=O)C(C)(C2CC2)NC(=O)C1C(C)C. The quantitative estimate of drug-likeness (QED) is 0.823. The highest BCUT2D eigenvalue weighted by Gasteiger charge is 2.56. The van der Waals surface area contributed by atoms with Crippen LogP contribution in [-0.2, 0) is 14.3 Å². The highest BCUT2D eigenvalue weighted by Crippen LogP contribution is 2.43. The van der Waals surface area contributed by atoms with E-state index in [0.717, 1.165) is 12.8 Å². The second-order valence-corrected chi connectivity index (χ2v) is 6.67. The number of carbonyl (C=O) groups is 2. The minimum atomic E-state index is -0.732. The molecule has 20 heavy (non-hydrogen) atoms. The summed E-state index contributed by atoms with van der Waals surface area (Å²) in [6, 6.07) is -0.497. The van der Waals surface area contributed by atoms with Crippen LogP contribution in [0, 0.1) is 11.8 Å². The van der Waals surface area contributed by atoms with Crippen LogP contribution in [0.2, 0.25) is 0 Å². The molecule has 0 spiro atoms. The van der Waals surface area contributed by atoms with E-state index in [1.165, 1.54) is 0 Å². The maximum atomic E-state index is 13.0. The Balaban J connectivity index is 2.33. The van der Waals surface area contributed by atoms with Crippen LogP contribution in [-0.4, -0.2) is 48.1 Å². The molecule has 2 amide bonds. The van der Waals surface area contributed by atoms with Crippen molar-refractivity contribution in [1.82, 2.24) is 10.2 Å². The molecule has 0 aromatic carbocycles. The molecule has 1 heterocycles. The first-order valence-electron chi connectivity index (χ1n) is 7.46. The number of amides is 2. The molecule has 1 saturated carbocycles. The second kappa shape index (κ2) is 5.35. The molecule has 0 radical (unpaired) electrons. The van der Waals surface area contributed by atoms with Gasteiger partial charge in [-0.1, -0.05) is 13.8 Å². The summed E-state index contributed by atoms with van der Waals surface area (Å²) in [6.45, 7) is 8.22. The molecule has 2 rings (SSSR count). The molecule has 1 aliphatic carbocycles. The van der Waals surface area contributed by atoms with Gasteiger partial charge in [0.2, 0.25) is 11.8 Å². The van der Waals surface area contributed by atoms with E-state index in [9.17, 15) is 9.59 Å². The molecule has 2 aliphatic rings. The lowest BCUT2D eigenvalue weighted by Gasteiger charge is -2.48. The van der Waals surface area contributed by atoms with E-state index in [4.69, 9.17) is 4.74 Å². The first-order chi connectivity index (χ1) is 9.32. The van der Waals surface area contributed by atoms with Crippen molar-refractivity contribution >= 4 is 11.8 Å². The fraction of sp³-hybridized carbons (Fsp3) is 0.867. The number of piperazine rings is 1. The van der Waals surface area contributed by atoms with E-state index in [2.05, 4.69) is 5.32 Å². The highest BCUT2D eigenvalue weighted by molar-refractivity contribution is 6.00. The third-order valence-corrected chi connectivity index (χ3v) is 4.54. The fourth-order valence-electron chi connectivity index (χ4n) is 3.26. The number of methoxy groups -OCH3 is 1. The number of ether oxygens (including phenoxy) is 1. The summed E-state index contributed by atoms with van der Waals surface area (Å²) in [5.74, 6) is 0.381. The normalized spacial score (nSPS) is 32.5. The van der Waals surface area contributed by atoms with Crippen LogP contribution in [0.1, 0.15) is 40.5 Å². The van der Waals surface area contributed by atoms with Gasteiger partial charge in [-0.2, -0.15) is 0 Å². The molecule has 1 aliphatic heterocycles. The van der Waals surface area contributed by atoms with Crippen LogP contribution in [0.25, 0.3) is 0 Å². The van der Waals surface area contributed by atoms with Crippen molar-refractivity contribution < 1.29 is 14.3 Å². The minimum Gasteiger partial charge on any atom is -0.383 e. The van der Waals surface area contributed by atoms with E-state index >= 15 is 0 Å². The van der Waals surface area contributed by atoms with Crippen molar-refractivity contribution in [3.8, 4) is 0 Å². The van der Waals surface area contributed by atoms with Crippen LogP contribution in [0.4, 0.5) is 0 Å². The summed E-state index contributed by atoms with van der Waals surface area (Å²) >= 11 is 0. The standard InChI is InChI=1S/C15H26N2O3/c1-9(2)12-13(18)16-15(4,11-6-7-11)14(19)17(12)10(3)8-20-5/h9-12H,6-8H2,1-5H3,(H,16,18). The van der Waals surface area contributed by atoms with Crippen molar-refractivity contribution in [2.75, 3.05) is 13.7 Å². The van der Waals surface area contributed by atoms with E-state index in [-0.39, 0.29) is 29.7 Å². The molecule has 1 saturated heterocycles. The van der Waals surface area contributed by atoms with Gasteiger partial charge in [0.1, 0.15) is 11.6 Å². The average Bonchev–Trinajstić information content (AvgIpc) is 3.17. The summed E-state index contributed by atoms with van der Waals surface area (Å²) < 4.78 is 5.19. The Morgan fingerprint density at radius 3 is 2.40 bits per heavy atom. The van der Waals surface area contributed by atoms with Crippen LogP contribution < -0.4 is 5.32 Å². The van der Waals surface area contributed by atoms with Crippen molar-refractivity contribution in [3.63, 3.8) is 0 Å².